The number of amides is 1. The van der Waals surface area contributed by atoms with Crippen molar-refractivity contribution < 1.29 is 4.79 Å². The number of hydrogen-bond donors (Lipinski definition) is 3. The summed E-state index contributed by atoms with van der Waals surface area (Å²) in [5.41, 5.74) is 5.13. The van der Waals surface area contributed by atoms with Gasteiger partial charge in [0.05, 0.1) is 11.0 Å². The Bertz CT molecular complexity index is 869. The molecule has 0 spiro atoms. The monoisotopic (exact) mass is 336 g/mol. The fourth-order valence-electron chi connectivity index (χ4n) is 2.83. The van der Waals surface area contributed by atoms with E-state index >= 15 is 0 Å². The van der Waals surface area contributed by atoms with E-state index in [-0.39, 0.29) is 5.91 Å². The molecule has 130 valence electrons. The van der Waals surface area contributed by atoms with Crippen LogP contribution in [0.25, 0.3) is 11.0 Å². The zero-order chi connectivity index (χ0) is 17.6. The number of benzene rings is 2. The van der Waals surface area contributed by atoms with Gasteiger partial charge < -0.3 is 15.6 Å². The number of carbonyl (C=O) groups excluding carboxylic acids is 1. The fourth-order valence-corrected chi connectivity index (χ4v) is 2.83. The lowest BCUT2D eigenvalue weighted by Gasteiger charge is -2.07. The van der Waals surface area contributed by atoms with Crippen molar-refractivity contribution in [3.63, 3.8) is 0 Å². The third-order valence-electron chi connectivity index (χ3n) is 4.14. The Kier molecular flexibility index (Phi) is 5.46. The second-order valence-corrected chi connectivity index (χ2v) is 6.18. The number of nitrogens with zero attached hydrogens (tertiary/aromatic N) is 1. The van der Waals surface area contributed by atoms with Crippen LogP contribution >= 0.6 is 0 Å². The van der Waals surface area contributed by atoms with Crippen LogP contribution in [0.2, 0.25) is 0 Å². The molecule has 3 rings (SSSR count). The maximum absolute atomic E-state index is 12.2. The molecular weight excluding hydrogens is 312 g/mol. The van der Waals surface area contributed by atoms with Gasteiger partial charge in [0.2, 0.25) is 5.91 Å². The van der Waals surface area contributed by atoms with Crippen molar-refractivity contribution in [2.24, 2.45) is 0 Å². The number of para-hydroxylation sites is 1. The molecule has 0 bridgehead atoms. The third-order valence-corrected chi connectivity index (χ3v) is 4.14. The lowest BCUT2D eigenvalue weighted by molar-refractivity contribution is -0.116. The van der Waals surface area contributed by atoms with E-state index in [1.807, 2.05) is 43.3 Å². The minimum atomic E-state index is -0.00206. The van der Waals surface area contributed by atoms with Crippen LogP contribution in [0.5, 0.6) is 0 Å². The minimum Gasteiger partial charge on any atom is -0.342 e. The summed E-state index contributed by atoms with van der Waals surface area (Å²) in [6.45, 7) is 5.84. The molecule has 0 aliphatic rings. The van der Waals surface area contributed by atoms with E-state index in [2.05, 4.69) is 33.6 Å². The largest absolute Gasteiger partial charge is 0.342 e. The van der Waals surface area contributed by atoms with Crippen molar-refractivity contribution in [1.82, 2.24) is 15.3 Å². The lowest BCUT2D eigenvalue weighted by Crippen LogP contribution is -2.14. The average Bonchev–Trinajstić information content (AvgIpc) is 3.03. The molecule has 2 aromatic carbocycles. The Morgan fingerprint density at radius 1 is 1.20 bits per heavy atom. The fraction of sp³-hybridized carbons (Fsp3) is 0.300. The van der Waals surface area contributed by atoms with Gasteiger partial charge in [-0.05, 0) is 42.8 Å². The first-order valence-corrected chi connectivity index (χ1v) is 8.69. The molecule has 0 radical (unpaired) electrons. The number of aryl methyl sites for hydroxylation is 2. The van der Waals surface area contributed by atoms with Gasteiger partial charge >= 0.3 is 0 Å². The molecule has 0 unspecified atom stereocenters. The van der Waals surface area contributed by atoms with E-state index in [1.54, 1.807) is 0 Å². The Hall–Kier alpha value is -2.66. The van der Waals surface area contributed by atoms with Gasteiger partial charge in [0, 0.05) is 25.1 Å². The van der Waals surface area contributed by atoms with E-state index in [4.69, 9.17) is 0 Å². The van der Waals surface area contributed by atoms with Crippen LogP contribution in [0.1, 0.15) is 30.3 Å². The predicted octanol–water partition coefficient (Wildman–Crippen LogP) is 3.55. The highest BCUT2D eigenvalue weighted by atomic mass is 16.1. The van der Waals surface area contributed by atoms with Crippen molar-refractivity contribution in [3.8, 4) is 0 Å². The predicted molar refractivity (Wildman–Crippen MR) is 102 cm³/mol. The number of rotatable bonds is 7. The first kappa shape index (κ1) is 17.2. The summed E-state index contributed by atoms with van der Waals surface area (Å²) >= 11 is 0. The number of hydrogen-bond acceptors (Lipinski definition) is 3. The van der Waals surface area contributed by atoms with E-state index in [0.717, 1.165) is 46.8 Å². The van der Waals surface area contributed by atoms with Gasteiger partial charge in [-0.15, -0.1) is 0 Å². The van der Waals surface area contributed by atoms with E-state index in [0.29, 0.717) is 12.8 Å². The van der Waals surface area contributed by atoms with Crippen molar-refractivity contribution in [3.05, 3.63) is 59.4 Å². The van der Waals surface area contributed by atoms with Crippen molar-refractivity contribution in [2.75, 3.05) is 11.9 Å². The minimum absolute atomic E-state index is 0.00206. The highest BCUT2D eigenvalue weighted by molar-refractivity contribution is 5.91. The molecule has 1 aromatic heterocycles. The normalized spacial score (nSPS) is 11.0. The van der Waals surface area contributed by atoms with Gasteiger partial charge in [-0.25, -0.2) is 4.98 Å². The smallest absolute Gasteiger partial charge is 0.224 e. The Morgan fingerprint density at radius 3 is 2.84 bits per heavy atom. The van der Waals surface area contributed by atoms with Crippen molar-refractivity contribution in [1.29, 1.82) is 0 Å². The van der Waals surface area contributed by atoms with Crippen LogP contribution in [0.15, 0.2) is 42.5 Å². The second kappa shape index (κ2) is 7.94. The molecule has 0 saturated carbocycles. The summed E-state index contributed by atoms with van der Waals surface area (Å²) in [6, 6.07) is 14.0. The van der Waals surface area contributed by atoms with Crippen LogP contribution in [0, 0.1) is 6.92 Å². The number of imidazole rings is 1. The maximum atomic E-state index is 12.2. The number of aromatic nitrogens is 2. The molecule has 1 amide bonds. The van der Waals surface area contributed by atoms with Crippen LogP contribution in [0.4, 0.5) is 5.69 Å². The molecule has 5 heteroatoms. The number of nitrogens with one attached hydrogen (secondary N) is 3. The van der Waals surface area contributed by atoms with Gasteiger partial charge in [0.25, 0.3) is 0 Å². The van der Waals surface area contributed by atoms with Gasteiger partial charge in [-0.2, -0.15) is 0 Å². The number of aromatic amines is 1. The zero-order valence-corrected chi connectivity index (χ0v) is 14.7. The van der Waals surface area contributed by atoms with Gasteiger partial charge in [-0.1, -0.05) is 31.2 Å². The summed E-state index contributed by atoms with van der Waals surface area (Å²) in [5.74, 6) is 0.845. The third kappa shape index (κ3) is 4.45. The number of carbonyl (C=O) groups is 1. The highest BCUT2D eigenvalue weighted by Gasteiger charge is 2.08. The van der Waals surface area contributed by atoms with E-state index in [9.17, 15) is 4.79 Å². The first-order chi connectivity index (χ1) is 12.2. The summed E-state index contributed by atoms with van der Waals surface area (Å²) < 4.78 is 0. The van der Waals surface area contributed by atoms with Crippen LogP contribution < -0.4 is 10.6 Å². The Labute approximate surface area is 147 Å². The summed E-state index contributed by atoms with van der Waals surface area (Å²) in [5, 5.41) is 6.25. The van der Waals surface area contributed by atoms with Crippen molar-refractivity contribution >= 4 is 22.6 Å². The SMILES string of the molecule is CCNCc1cccc(NC(=O)CCc2nc3c(C)cccc3[nH]2)c1. The zero-order valence-electron chi connectivity index (χ0n) is 14.7. The Morgan fingerprint density at radius 2 is 2.04 bits per heavy atom. The summed E-state index contributed by atoms with van der Waals surface area (Å²) in [4.78, 5) is 20.1. The summed E-state index contributed by atoms with van der Waals surface area (Å²) in [6.07, 6.45) is 0.993. The number of fused-ring (bicyclic) bond motifs is 1. The van der Waals surface area contributed by atoms with Gasteiger partial charge in [0.1, 0.15) is 5.82 Å². The number of anilines is 1. The quantitative estimate of drug-likeness (QED) is 0.618. The summed E-state index contributed by atoms with van der Waals surface area (Å²) in [7, 11) is 0. The first-order valence-electron chi connectivity index (χ1n) is 8.69. The second-order valence-electron chi connectivity index (χ2n) is 6.18. The van der Waals surface area contributed by atoms with Gasteiger partial charge in [0.15, 0.2) is 0 Å². The molecule has 3 N–H and O–H groups in total. The Balaban J connectivity index is 1.58. The molecule has 0 fully saturated rings. The highest BCUT2D eigenvalue weighted by Crippen LogP contribution is 2.16. The average molecular weight is 336 g/mol. The molecule has 1 heterocycles. The molecular formula is C20H24N4O. The molecule has 3 aromatic rings. The molecule has 5 nitrogen and oxygen atoms in total. The standard InChI is InChI=1S/C20H24N4O/c1-3-21-13-15-7-5-8-16(12-15)22-19(25)11-10-18-23-17-9-4-6-14(2)20(17)24-18/h4-9,12,21H,3,10-11,13H2,1-2H3,(H,22,25)(H,23,24). The molecule has 25 heavy (non-hydrogen) atoms. The molecule has 0 saturated heterocycles. The number of H-pyrrole nitrogens is 1. The van der Waals surface area contributed by atoms with Crippen molar-refractivity contribution in [2.45, 2.75) is 33.2 Å². The topological polar surface area (TPSA) is 69.8 Å². The molecule has 0 aliphatic heterocycles. The molecule has 0 aliphatic carbocycles. The molecule has 0 atom stereocenters. The van der Waals surface area contributed by atoms with Crippen LogP contribution in [-0.2, 0) is 17.8 Å². The lowest BCUT2D eigenvalue weighted by atomic mass is 10.2. The van der Waals surface area contributed by atoms with E-state index < -0.39 is 0 Å². The maximum Gasteiger partial charge on any atom is 0.224 e. The van der Waals surface area contributed by atoms with Crippen LogP contribution in [0.3, 0.4) is 0 Å². The van der Waals surface area contributed by atoms with E-state index in [1.165, 1.54) is 0 Å². The van der Waals surface area contributed by atoms with Gasteiger partial charge in [-0.3, -0.25) is 4.79 Å². The van der Waals surface area contributed by atoms with Crippen LogP contribution in [-0.4, -0.2) is 22.4 Å².